The first-order valence-electron chi connectivity index (χ1n) is 5.38. The Labute approximate surface area is 105 Å². The van der Waals surface area contributed by atoms with Crippen molar-refractivity contribution >= 4 is 27.5 Å². The highest BCUT2D eigenvalue weighted by Gasteiger charge is 2.00. The van der Waals surface area contributed by atoms with Gasteiger partial charge in [-0.3, -0.25) is 0 Å². The second-order valence-electron chi connectivity index (χ2n) is 3.55. The van der Waals surface area contributed by atoms with Crippen molar-refractivity contribution in [2.75, 3.05) is 13.1 Å². The Kier molecular flexibility index (Phi) is 6.30. The lowest BCUT2D eigenvalue weighted by Crippen LogP contribution is -2.13. The van der Waals surface area contributed by atoms with Gasteiger partial charge in [0.2, 0.25) is 0 Å². The van der Waals surface area contributed by atoms with Crippen LogP contribution in [0.4, 0.5) is 0 Å². The summed E-state index contributed by atoms with van der Waals surface area (Å²) in [4.78, 5) is 0. The number of nitrogens with one attached hydrogen (secondary N) is 1. The molecule has 0 unspecified atom stereocenters. The van der Waals surface area contributed by atoms with Gasteiger partial charge in [0, 0.05) is 9.50 Å². The van der Waals surface area contributed by atoms with E-state index in [0.29, 0.717) is 0 Å². The molecule has 0 heterocycles. The molecule has 1 aromatic rings. The third kappa shape index (κ3) is 5.01. The Balaban J connectivity index is 2.31. The number of hydrogen-bond acceptors (Lipinski definition) is 1. The number of benzene rings is 1. The van der Waals surface area contributed by atoms with E-state index in [-0.39, 0.29) is 0 Å². The summed E-state index contributed by atoms with van der Waals surface area (Å²) >= 11 is 9.53. The van der Waals surface area contributed by atoms with Crippen molar-refractivity contribution in [2.24, 2.45) is 0 Å². The van der Waals surface area contributed by atoms with Gasteiger partial charge in [0.05, 0.1) is 0 Å². The number of hydrogen-bond donors (Lipinski definition) is 1. The van der Waals surface area contributed by atoms with E-state index in [9.17, 15) is 0 Å². The van der Waals surface area contributed by atoms with E-state index < -0.39 is 0 Å². The molecule has 0 aromatic heterocycles. The SMILES string of the molecule is CCNCCCCc1ccc(Br)cc1Cl. The first-order valence-corrected chi connectivity index (χ1v) is 6.55. The summed E-state index contributed by atoms with van der Waals surface area (Å²) in [7, 11) is 0. The fourth-order valence-corrected chi connectivity index (χ4v) is 2.23. The van der Waals surface area contributed by atoms with Gasteiger partial charge in [-0.2, -0.15) is 0 Å². The van der Waals surface area contributed by atoms with Crippen LogP contribution in [0.25, 0.3) is 0 Å². The highest BCUT2D eigenvalue weighted by atomic mass is 79.9. The molecule has 0 fully saturated rings. The molecule has 0 aliphatic heterocycles. The van der Waals surface area contributed by atoms with E-state index >= 15 is 0 Å². The normalized spacial score (nSPS) is 10.6. The molecular weight excluding hydrogens is 273 g/mol. The molecule has 1 aromatic carbocycles. The van der Waals surface area contributed by atoms with E-state index in [2.05, 4.69) is 34.2 Å². The third-order valence-corrected chi connectivity index (χ3v) is 3.16. The summed E-state index contributed by atoms with van der Waals surface area (Å²) < 4.78 is 1.05. The lowest BCUT2D eigenvalue weighted by Gasteiger charge is -2.05. The van der Waals surface area contributed by atoms with E-state index in [0.717, 1.165) is 29.0 Å². The van der Waals surface area contributed by atoms with Gasteiger partial charge in [0.15, 0.2) is 0 Å². The molecule has 0 aliphatic carbocycles. The molecule has 1 N–H and O–H groups in total. The molecule has 0 saturated carbocycles. The van der Waals surface area contributed by atoms with Crippen LogP contribution < -0.4 is 5.32 Å². The van der Waals surface area contributed by atoms with Crippen LogP contribution in [0.1, 0.15) is 25.3 Å². The van der Waals surface area contributed by atoms with Crippen LogP contribution in [-0.2, 0) is 6.42 Å². The largest absolute Gasteiger partial charge is 0.317 e. The fourth-order valence-electron chi connectivity index (χ4n) is 1.47. The maximum Gasteiger partial charge on any atom is 0.0449 e. The third-order valence-electron chi connectivity index (χ3n) is 2.31. The highest BCUT2D eigenvalue weighted by Crippen LogP contribution is 2.22. The maximum atomic E-state index is 6.12. The first kappa shape index (κ1) is 13.0. The molecule has 0 bridgehead atoms. The molecular formula is C12H17BrClN. The zero-order chi connectivity index (χ0) is 11.1. The van der Waals surface area contributed by atoms with Gasteiger partial charge < -0.3 is 5.32 Å². The average Bonchev–Trinajstić information content (AvgIpc) is 2.20. The van der Waals surface area contributed by atoms with Crippen LogP contribution >= 0.6 is 27.5 Å². The summed E-state index contributed by atoms with van der Waals surface area (Å²) in [6, 6.07) is 6.10. The van der Waals surface area contributed by atoms with Gasteiger partial charge in [0.25, 0.3) is 0 Å². The van der Waals surface area contributed by atoms with Crippen LogP contribution in [-0.4, -0.2) is 13.1 Å². The lowest BCUT2D eigenvalue weighted by atomic mass is 10.1. The number of unbranched alkanes of at least 4 members (excludes halogenated alkanes) is 1. The van der Waals surface area contributed by atoms with Crippen LogP contribution in [0, 0.1) is 0 Å². The second kappa shape index (κ2) is 7.26. The summed E-state index contributed by atoms with van der Waals surface area (Å²) in [5, 5.41) is 4.19. The average molecular weight is 291 g/mol. The zero-order valence-corrected chi connectivity index (χ0v) is 11.4. The Hall–Kier alpha value is -0.0500. The van der Waals surface area contributed by atoms with E-state index in [1.54, 1.807) is 0 Å². The van der Waals surface area contributed by atoms with Crippen LogP contribution in [0.2, 0.25) is 5.02 Å². The predicted octanol–water partition coefficient (Wildman–Crippen LogP) is 4.03. The van der Waals surface area contributed by atoms with Gasteiger partial charge >= 0.3 is 0 Å². The predicted molar refractivity (Wildman–Crippen MR) is 70.6 cm³/mol. The van der Waals surface area contributed by atoms with Gasteiger partial charge in [0.1, 0.15) is 0 Å². The lowest BCUT2D eigenvalue weighted by molar-refractivity contribution is 0.641. The smallest absolute Gasteiger partial charge is 0.0449 e. The van der Waals surface area contributed by atoms with Crippen LogP contribution in [0.3, 0.4) is 0 Å². The molecule has 0 saturated heterocycles. The maximum absolute atomic E-state index is 6.12. The number of rotatable bonds is 6. The standard InChI is InChI=1S/C12H17BrClN/c1-2-15-8-4-3-5-10-6-7-11(13)9-12(10)14/h6-7,9,15H,2-5,8H2,1H3. The molecule has 1 rings (SSSR count). The van der Waals surface area contributed by atoms with Gasteiger partial charge in [-0.05, 0) is 50.0 Å². The highest BCUT2D eigenvalue weighted by molar-refractivity contribution is 9.10. The molecule has 15 heavy (non-hydrogen) atoms. The van der Waals surface area contributed by atoms with E-state index in [4.69, 9.17) is 11.6 Å². The van der Waals surface area contributed by atoms with Crippen molar-refractivity contribution < 1.29 is 0 Å². The van der Waals surface area contributed by atoms with Crippen molar-refractivity contribution in [3.63, 3.8) is 0 Å². The zero-order valence-electron chi connectivity index (χ0n) is 9.02. The second-order valence-corrected chi connectivity index (χ2v) is 4.87. The molecule has 3 heteroatoms. The van der Waals surface area contributed by atoms with E-state index in [1.165, 1.54) is 18.4 Å². The first-order chi connectivity index (χ1) is 7.24. The summed E-state index contributed by atoms with van der Waals surface area (Å²) in [5.74, 6) is 0. The molecule has 0 amide bonds. The molecule has 0 spiro atoms. The van der Waals surface area contributed by atoms with Crippen molar-refractivity contribution in [3.8, 4) is 0 Å². The summed E-state index contributed by atoms with van der Waals surface area (Å²) in [6.07, 6.45) is 3.46. The topological polar surface area (TPSA) is 12.0 Å². The Morgan fingerprint density at radius 1 is 1.33 bits per heavy atom. The molecule has 0 radical (unpaired) electrons. The van der Waals surface area contributed by atoms with Gasteiger partial charge in [-0.25, -0.2) is 0 Å². The van der Waals surface area contributed by atoms with Crippen molar-refractivity contribution in [1.29, 1.82) is 0 Å². The summed E-state index contributed by atoms with van der Waals surface area (Å²) in [5.41, 5.74) is 1.25. The minimum Gasteiger partial charge on any atom is -0.317 e. The minimum absolute atomic E-state index is 0.868. The van der Waals surface area contributed by atoms with Crippen molar-refractivity contribution in [1.82, 2.24) is 5.32 Å². The fraction of sp³-hybridized carbons (Fsp3) is 0.500. The minimum atomic E-state index is 0.868. The number of aryl methyl sites for hydroxylation is 1. The van der Waals surface area contributed by atoms with E-state index in [1.807, 2.05) is 12.1 Å². The van der Waals surface area contributed by atoms with Crippen molar-refractivity contribution in [2.45, 2.75) is 26.2 Å². The number of halogens is 2. The molecule has 0 atom stereocenters. The van der Waals surface area contributed by atoms with Gasteiger partial charge in [-0.15, -0.1) is 0 Å². The summed E-state index contributed by atoms with van der Waals surface area (Å²) in [6.45, 7) is 4.29. The molecule has 1 nitrogen and oxygen atoms in total. The Morgan fingerprint density at radius 3 is 2.80 bits per heavy atom. The molecule has 0 aliphatic rings. The molecule has 84 valence electrons. The monoisotopic (exact) mass is 289 g/mol. The van der Waals surface area contributed by atoms with Crippen LogP contribution in [0.5, 0.6) is 0 Å². The van der Waals surface area contributed by atoms with Gasteiger partial charge in [-0.1, -0.05) is 40.5 Å². The van der Waals surface area contributed by atoms with Crippen LogP contribution in [0.15, 0.2) is 22.7 Å². The Bertz CT molecular complexity index is 302. The quantitative estimate of drug-likeness (QED) is 0.780. The Morgan fingerprint density at radius 2 is 2.13 bits per heavy atom. The van der Waals surface area contributed by atoms with Crippen molar-refractivity contribution in [3.05, 3.63) is 33.3 Å².